The number of nitrogens with zero attached hydrogens (tertiary/aromatic N) is 1. The monoisotopic (exact) mass is 285 g/mol. The second kappa shape index (κ2) is 9.47. The highest BCUT2D eigenvalue weighted by atomic mass is 16.2. The average Bonchev–Trinajstić information content (AvgIpc) is 2.31. The Bertz CT molecular complexity index is 343. The molecule has 0 aliphatic carbocycles. The summed E-state index contributed by atoms with van der Waals surface area (Å²) in [6, 6.07) is -0.482. The standard InChI is InChI=1S/C14H27N3O3/c1-5-6-7-17(8-12(15)19)9-13(20)16-14(10(2)3)11(4)18/h10,14H,5-9H2,1-4H3,(H2,15,19)(H,16,20). The fourth-order valence-corrected chi connectivity index (χ4v) is 1.98. The van der Waals surface area contributed by atoms with Crippen LogP contribution in [0.25, 0.3) is 0 Å². The van der Waals surface area contributed by atoms with Crippen molar-refractivity contribution >= 4 is 17.6 Å². The zero-order valence-electron chi connectivity index (χ0n) is 12.9. The molecule has 3 N–H and O–H groups in total. The van der Waals surface area contributed by atoms with E-state index < -0.39 is 11.9 Å². The quantitative estimate of drug-likeness (QED) is 0.604. The Labute approximate surface area is 121 Å². The van der Waals surface area contributed by atoms with Gasteiger partial charge >= 0.3 is 0 Å². The number of unbranched alkanes of at least 4 members (excludes halogenated alkanes) is 1. The van der Waals surface area contributed by atoms with E-state index in [0.29, 0.717) is 6.54 Å². The minimum Gasteiger partial charge on any atom is -0.369 e. The highest BCUT2D eigenvalue weighted by Crippen LogP contribution is 2.03. The van der Waals surface area contributed by atoms with Gasteiger partial charge in [0.25, 0.3) is 0 Å². The summed E-state index contributed by atoms with van der Waals surface area (Å²) in [5.74, 6) is -0.739. The number of primary amides is 1. The molecular weight excluding hydrogens is 258 g/mol. The molecule has 20 heavy (non-hydrogen) atoms. The molecule has 0 rings (SSSR count). The number of Topliss-reactive ketones (excluding diaryl/α,β-unsaturated/α-hetero) is 1. The van der Waals surface area contributed by atoms with E-state index in [1.54, 1.807) is 4.90 Å². The molecule has 0 aromatic carbocycles. The SMILES string of the molecule is CCCCN(CC(N)=O)CC(=O)NC(C(C)=O)C(C)C. The number of rotatable bonds is 10. The molecule has 1 atom stereocenters. The van der Waals surface area contributed by atoms with Gasteiger partial charge < -0.3 is 11.1 Å². The number of amides is 2. The number of carbonyl (C=O) groups excluding carboxylic acids is 3. The van der Waals surface area contributed by atoms with Crippen LogP contribution in [0.4, 0.5) is 0 Å². The summed E-state index contributed by atoms with van der Waals surface area (Å²) in [5.41, 5.74) is 5.17. The first-order valence-electron chi connectivity index (χ1n) is 7.08. The fraction of sp³-hybridized carbons (Fsp3) is 0.786. The summed E-state index contributed by atoms with van der Waals surface area (Å²) in [6.07, 6.45) is 1.86. The van der Waals surface area contributed by atoms with Gasteiger partial charge in [0.2, 0.25) is 11.8 Å². The van der Waals surface area contributed by atoms with E-state index >= 15 is 0 Å². The molecule has 0 radical (unpaired) electrons. The number of ketones is 1. The van der Waals surface area contributed by atoms with E-state index in [9.17, 15) is 14.4 Å². The lowest BCUT2D eigenvalue weighted by molar-refractivity contribution is -0.129. The van der Waals surface area contributed by atoms with Gasteiger partial charge in [-0.25, -0.2) is 0 Å². The summed E-state index contributed by atoms with van der Waals surface area (Å²) in [7, 11) is 0. The van der Waals surface area contributed by atoms with Crippen molar-refractivity contribution in [1.29, 1.82) is 0 Å². The van der Waals surface area contributed by atoms with Crippen molar-refractivity contribution in [2.75, 3.05) is 19.6 Å². The van der Waals surface area contributed by atoms with E-state index in [-0.39, 0.29) is 30.7 Å². The van der Waals surface area contributed by atoms with Crippen LogP contribution in [0, 0.1) is 5.92 Å². The zero-order chi connectivity index (χ0) is 15.7. The normalized spacial score (nSPS) is 12.5. The second-order valence-corrected chi connectivity index (χ2v) is 5.43. The molecule has 116 valence electrons. The minimum absolute atomic E-state index is 0.0386. The largest absolute Gasteiger partial charge is 0.369 e. The van der Waals surface area contributed by atoms with E-state index in [1.165, 1.54) is 6.92 Å². The third-order valence-electron chi connectivity index (χ3n) is 3.00. The average molecular weight is 285 g/mol. The number of hydrogen-bond donors (Lipinski definition) is 2. The summed E-state index contributed by atoms with van der Waals surface area (Å²) in [5, 5.41) is 2.71. The first kappa shape index (κ1) is 18.6. The molecule has 0 aliphatic rings. The Morgan fingerprint density at radius 1 is 1.20 bits per heavy atom. The molecule has 1 unspecified atom stereocenters. The van der Waals surface area contributed by atoms with Gasteiger partial charge in [-0.3, -0.25) is 19.3 Å². The predicted octanol–water partition coefficient (Wildman–Crippen LogP) is 0.304. The van der Waals surface area contributed by atoms with Gasteiger partial charge in [0.15, 0.2) is 5.78 Å². The molecular formula is C14H27N3O3. The Balaban J connectivity index is 4.49. The maximum absolute atomic E-state index is 12.0. The highest BCUT2D eigenvalue weighted by molar-refractivity contribution is 5.88. The van der Waals surface area contributed by atoms with Crippen molar-refractivity contribution in [3.05, 3.63) is 0 Å². The molecule has 6 nitrogen and oxygen atoms in total. The number of nitrogens with one attached hydrogen (secondary N) is 1. The molecule has 0 saturated heterocycles. The van der Waals surface area contributed by atoms with Gasteiger partial charge in [0.05, 0.1) is 19.1 Å². The van der Waals surface area contributed by atoms with Gasteiger partial charge in [-0.05, 0) is 25.8 Å². The van der Waals surface area contributed by atoms with Crippen molar-refractivity contribution in [3.8, 4) is 0 Å². The Hall–Kier alpha value is -1.43. The van der Waals surface area contributed by atoms with Crippen molar-refractivity contribution in [3.63, 3.8) is 0 Å². The summed E-state index contributed by atoms with van der Waals surface area (Å²) in [6.45, 7) is 8.03. The number of hydrogen-bond acceptors (Lipinski definition) is 4. The van der Waals surface area contributed by atoms with E-state index in [0.717, 1.165) is 12.8 Å². The third-order valence-corrected chi connectivity index (χ3v) is 3.00. The zero-order valence-corrected chi connectivity index (χ0v) is 12.9. The molecule has 0 saturated carbocycles. The Kier molecular flexibility index (Phi) is 8.79. The summed E-state index contributed by atoms with van der Waals surface area (Å²) in [4.78, 5) is 36.1. The van der Waals surface area contributed by atoms with Crippen LogP contribution in [-0.4, -0.2) is 48.2 Å². The molecule has 2 amide bonds. The fourth-order valence-electron chi connectivity index (χ4n) is 1.98. The van der Waals surface area contributed by atoms with Crippen LogP contribution in [0.1, 0.15) is 40.5 Å². The first-order valence-corrected chi connectivity index (χ1v) is 7.08. The maximum atomic E-state index is 12.0. The summed E-state index contributed by atoms with van der Waals surface area (Å²) < 4.78 is 0. The van der Waals surface area contributed by atoms with Crippen LogP contribution in [-0.2, 0) is 14.4 Å². The topological polar surface area (TPSA) is 92.5 Å². The van der Waals surface area contributed by atoms with Crippen molar-refractivity contribution < 1.29 is 14.4 Å². The van der Waals surface area contributed by atoms with E-state index in [4.69, 9.17) is 5.73 Å². The first-order chi connectivity index (χ1) is 9.27. The van der Waals surface area contributed by atoms with Crippen molar-refractivity contribution in [2.24, 2.45) is 11.7 Å². The molecule has 0 aromatic heterocycles. The lowest BCUT2D eigenvalue weighted by Gasteiger charge is -2.23. The number of nitrogens with two attached hydrogens (primary N) is 1. The van der Waals surface area contributed by atoms with E-state index in [1.807, 2.05) is 20.8 Å². The van der Waals surface area contributed by atoms with Gasteiger partial charge in [-0.2, -0.15) is 0 Å². The molecule has 0 bridgehead atoms. The van der Waals surface area contributed by atoms with Crippen molar-refractivity contribution in [1.82, 2.24) is 10.2 Å². The van der Waals surface area contributed by atoms with Crippen LogP contribution in [0.2, 0.25) is 0 Å². The molecule has 0 aliphatic heterocycles. The molecule has 0 heterocycles. The Morgan fingerprint density at radius 3 is 2.20 bits per heavy atom. The van der Waals surface area contributed by atoms with Gasteiger partial charge in [0.1, 0.15) is 0 Å². The van der Waals surface area contributed by atoms with Gasteiger partial charge in [0, 0.05) is 0 Å². The van der Waals surface area contributed by atoms with Crippen LogP contribution in [0.3, 0.4) is 0 Å². The van der Waals surface area contributed by atoms with Gasteiger partial charge in [-0.1, -0.05) is 27.2 Å². The summed E-state index contributed by atoms with van der Waals surface area (Å²) >= 11 is 0. The number of carbonyl (C=O) groups is 3. The van der Waals surface area contributed by atoms with Crippen LogP contribution in [0.5, 0.6) is 0 Å². The van der Waals surface area contributed by atoms with Crippen LogP contribution in [0.15, 0.2) is 0 Å². The van der Waals surface area contributed by atoms with Crippen molar-refractivity contribution in [2.45, 2.75) is 46.6 Å². The highest BCUT2D eigenvalue weighted by Gasteiger charge is 2.22. The van der Waals surface area contributed by atoms with Crippen LogP contribution < -0.4 is 11.1 Å². The maximum Gasteiger partial charge on any atom is 0.234 e. The molecule has 0 aromatic rings. The lowest BCUT2D eigenvalue weighted by atomic mass is 10.0. The van der Waals surface area contributed by atoms with Gasteiger partial charge in [-0.15, -0.1) is 0 Å². The molecule has 0 fully saturated rings. The third kappa shape index (κ3) is 7.89. The predicted molar refractivity (Wildman–Crippen MR) is 78.0 cm³/mol. The molecule has 6 heteroatoms. The van der Waals surface area contributed by atoms with Crippen LogP contribution >= 0.6 is 0 Å². The lowest BCUT2D eigenvalue weighted by Crippen LogP contribution is -2.48. The smallest absolute Gasteiger partial charge is 0.234 e. The molecule has 0 spiro atoms. The second-order valence-electron chi connectivity index (χ2n) is 5.43. The minimum atomic E-state index is -0.482. The Morgan fingerprint density at radius 2 is 1.80 bits per heavy atom. The van der Waals surface area contributed by atoms with E-state index in [2.05, 4.69) is 5.32 Å².